The molecule has 3 aromatic rings. The second-order valence-electron chi connectivity index (χ2n) is 10.6. The van der Waals surface area contributed by atoms with Crippen LogP contribution in [-0.4, -0.2) is 40.5 Å². The molecule has 2 atom stereocenters. The van der Waals surface area contributed by atoms with Gasteiger partial charge in [-0.05, 0) is 52.7 Å². The van der Waals surface area contributed by atoms with Crippen LogP contribution in [0.3, 0.4) is 0 Å². The largest absolute Gasteiger partial charge is 0.448 e. The van der Waals surface area contributed by atoms with Gasteiger partial charge in [-0.2, -0.15) is 0 Å². The van der Waals surface area contributed by atoms with Crippen LogP contribution in [0.15, 0.2) is 36.4 Å². The average molecular weight is 475 g/mol. The number of hydrogen-bond acceptors (Lipinski definition) is 5. The third-order valence-electron chi connectivity index (χ3n) is 8.73. The second-order valence-corrected chi connectivity index (χ2v) is 10.6. The number of carbonyl (C=O) groups is 2. The molecule has 1 aliphatic carbocycles. The lowest BCUT2D eigenvalue weighted by Crippen LogP contribution is -2.50. The quantitative estimate of drug-likeness (QED) is 0.464. The summed E-state index contributed by atoms with van der Waals surface area (Å²) < 4.78 is 5.83. The van der Waals surface area contributed by atoms with Crippen molar-refractivity contribution in [3.63, 3.8) is 0 Å². The van der Waals surface area contributed by atoms with Gasteiger partial charge in [-0.25, -0.2) is 4.98 Å². The number of fused-ring (bicyclic) bond motifs is 3. The molecule has 1 amide bonds. The van der Waals surface area contributed by atoms with Crippen LogP contribution in [0.2, 0.25) is 0 Å². The molecule has 2 bridgehead atoms. The van der Waals surface area contributed by atoms with Gasteiger partial charge in [-0.3, -0.25) is 9.59 Å². The molecule has 2 N–H and O–H groups in total. The Balaban J connectivity index is 1.57. The number of aromatic nitrogens is 2. The highest BCUT2D eigenvalue weighted by molar-refractivity contribution is 6.06. The first-order chi connectivity index (χ1) is 16.6. The van der Waals surface area contributed by atoms with E-state index < -0.39 is 16.4 Å². The van der Waals surface area contributed by atoms with E-state index in [0.717, 1.165) is 41.2 Å². The Bertz CT molecular complexity index is 1320. The van der Waals surface area contributed by atoms with Crippen molar-refractivity contribution in [1.82, 2.24) is 9.97 Å². The third kappa shape index (κ3) is 3.20. The van der Waals surface area contributed by atoms with Gasteiger partial charge in [0.2, 0.25) is 0 Å². The lowest BCUT2D eigenvalue weighted by molar-refractivity contribution is -0.165. The van der Waals surface area contributed by atoms with Crippen LogP contribution < -0.4 is 10.2 Å². The van der Waals surface area contributed by atoms with Crippen molar-refractivity contribution in [3.05, 3.63) is 42.0 Å². The highest BCUT2D eigenvalue weighted by atomic mass is 16.6. The van der Waals surface area contributed by atoms with E-state index in [9.17, 15) is 9.59 Å². The van der Waals surface area contributed by atoms with Gasteiger partial charge in [0.05, 0.1) is 27.8 Å². The topological polar surface area (TPSA) is 87.3 Å². The van der Waals surface area contributed by atoms with Gasteiger partial charge < -0.3 is 19.9 Å². The average Bonchev–Trinajstić information content (AvgIpc) is 3.37. The number of nitrogens with zero attached hydrogens (tertiary/aromatic N) is 2. The summed E-state index contributed by atoms with van der Waals surface area (Å²) in [6.45, 7) is 13.7. The predicted molar refractivity (Wildman–Crippen MR) is 138 cm³/mol. The van der Waals surface area contributed by atoms with E-state index in [2.05, 4.69) is 48.1 Å². The Labute approximate surface area is 206 Å². The van der Waals surface area contributed by atoms with Crippen LogP contribution in [0.1, 0.15) is 53.0 Å². The molecule has 2 unspecified atom stereocenters. The van der Waals surface area contributed by atoms with E-state index in [1.165, 1.54) is 5.56 Å². The van der Waals surface area contributed by atoms with Crippen molar-refractivity contribution in [2.75, 3.05) is 23.3 Å². The summed E-state index contributed by atoms with van der Waals surface area (Å²) in [5.74, 6) is 0.243. The van der Waals surface area contributed by atoms with Gasteiger partial charge in [-0.1, -0.05) is 43.7 Å². The highest BCUT2D eigenvalue weighted by Gasteiger charge is 2.75. The Hall–Kier alpha value is -3.35. The Morgan fingerprint density at radius 2 is 1.80 bits per heavy atom. The fourth-order valence-corrected chi connectivity index (χ4v) is 5.79. The van der Waals surface area contributed by atoms with Crippen LogP contribution in [0, 0.1) is 17.8 Å². The fourth-order valence-electron chi connectivity index (χ4n) is 5.79. The molecule has 2 aliphatic rings. The number of aryl methyl sites for hydroxylation is 1. The van der Waals surface area contributed by atoms with E-state index in [0.29, 0.717) is 18.5 Å². The Morgan fingerprint density at radius 3 is 2.37 bits per heavy atom. The molecule has 0 spiro atoms. The molecular weight excluding hydrogens is 440 g/mol. The first-order valence-corrected chi connectivity index (χ1v) is 12.5. The second kappa shape index (κ2) is 7.83. The van der Waals surface area contributed by atoms with Gasteiger partial charge in [-0.15, -0.1) is 0 Å². The van der Waals surface area contributed by atoms with Gasteiger partial charge in [0.15, 0.2) is 5.60 Å². The molecule has 2 heterocycles. The number of amides is 1. The summed E-state index contributed by atoms with van der Waals surface area (Å²) in [7, 11) is 0. The molecule has 184 valence electrons. The zero-order valence-electron chi connectivity index (χ0n) is 21.4. The number of hydrogen-bond donors (Lipinski definition) is 2. The summed E-state index contributed by atoms with van der Waals surface area (Å²) in [4.78, 5) is 37.0. The maximum absolute atomic E-state index is 13.8. The van der Waals surface area contributed by atoms with E-state index in [1.807, 2.05) is 45.0 Å². The minimum Gasteiger partial charge on any atom is -0.448 e. The number of aromatic amines is 1. The lowest BCUT2D eigenvalue weighted by Gasteiger charge is -2.35. The first kappa shape index (κ1) is 23.4. The SMILES string of the molecule is CCN(CC)c1cc2nc(-c3ccc(C)cc3)[nH]c2cc1NC(=O)C12CCC(C)(C(=O)O1)C2(C)C. The molecule has 0 radical (unpaired) electrons. The van der Waals surface area contributed by atoms with Crippen molar-refractivity contribution >= 4 is 34.3 Å². The van der Waals surface area contributed by atoms with Crippen LogP contribution >= 0.6 is 0 Å². The summed E-state index contributed by atoms with van der Waals surface area (Å²) in [6, 6.07) is 12.2. The number of imidazole rings is 1. The number of benzene rings is 2. The minimum absolute atomic E-state index is 0.261. The molecule has 5 rings (SSSR count). The number of H-pyrrole nitrogens is 1. The van der Waals surface area contributed by atoms with Crippen molar-refractivity contribution < 1.29 is 14.3 Å². The summed E-state index contributed by atoms with van der Waals surface area (Å²) >= 11 is 0. The third-order valence-corrected chi connectivity index (χ3v) is 8.73. The summed E-state index contributed by atoms with van der Waals surface area (Å²) in [6.07, 6.45) is 1.17. The molecule has 7 nitrogen and oxygen atoms in total. The Morgan fingerprint density at radius 1 is 1.11 bits per heavy atom. The minimum atomic E-state index is -1.17. The van der Waals surface area contributed by atoms with E-state index in [1.54, 1.807) is 0 Å². The number of anilines is 2. The van der Waals surface area contributed by atoms with Crippen molar-refractivity contribution in [2.24, 2.45) is 10.8 Å². The normalized spacial score (nSPS) is 24.6. The molecular formula is C28H34N4O3. The summed E-state index contributed by atoms with van der Waals surface area (Å²) in [5.41, 5.74) is 3.03. The molecule has 1 saturated carbocycles. The first-order valence-electron chi connectivity index (χ1n) is 12.5. The monoisotopic (exact) mass is 474 g/mol. The molecule has 1 aromatic heterocycles. The summed E-state index contributed by atoms with van der Waals surface area (Å²) in [5, 5.41) is 3.16. The van der Waals surface area contributed by atoms with Gasteiger partial charge in [0, 0.05) is 24.1 Å². The maximum atomic E-state index is 13.8. The standard InChI is InChI=1S/C28H34N4O3/c1-7-32(8-2)22-16-20-19(29-23(30-20)18-11-9-17(3)10-12-18)15-21(22)31-24(33)28-14-13-27(6,25(34)35-28)26(28,4)5/h9-12,15-16H,7-8,13-14H2,1-6H3,(H,29,30)(H,31,33). The van der Waals surface area contributed by atoms with Crippen molar-refractivity contribution in [1.29, 1.82) is 0 Å². The fraction of sp³-hybridized carbons (Fsp3) is 0.464. The molecule has 2 fully saturated rings. The van der Waals surface area contributed by atoms with E-state index >= 15 is 0 Å². The number of rotatable bonds is 6. The van der Waals surface area contributed by atoms with Gasteiger partial charge in [0.25, 0.3) is 5.91 Å². The number of ether oxygens (including phenoxy) is 1. The van der Waals surface area contributed by atoms with Crippen LogP contribution in [-0.2, 0) is 14.3 Å². The predicted octanol–water partition coefficient (Wildman–Crippen LogP) is 5.44. The molecule has 1 aliphatic heterocycles. The smallest absolute Gasteiger partial charge is 0.313 e. The molecule has 7 heteroatoms. The molecule has 2 aromatic carbocycles. The number of carbonyl (C=O) groups excluding carboxylic acids is 2. The van der Waals surface area contributed by atoms with Crippen molar-refractivity contribution in [3.8, 4) is 11.4 Å². The van der Waals surface area contributed by atoms with Crippen molar-refractivity contribution in [2.45, 2.75) is 60.0 Å². The zero-order valence-corrected chi connectivity index (χ0v) is 21.4. The number of esters is 1. The Kier molecular flexibility index (Phi) is 5.24. The van der Waals surface area contributed by atoms with Crippen LogP contribution in [0.5, 0.6) is 0 Å². The molecule has 1 saturated heterocycles. The lowest BCUT2D eigenvalue weighted by atomic mass is 9.66. The van der Waals surface area contributed by atoms with E-state index in [-0.39, 0.29) is 11.9 Å². The maximum Gasteiger partial charge on any atom is 0.313 e. The zero-order chi connectivity index (χ0) is 25.2. The highest BCUT2D eigenvalue weighted by Crippen LogP contribution is 2.65. The molecule has 35 heavy (non-hydrogen) atoms. The van der Waals surface area contributed by atoms with Crippen LogP contribution in [0.4, 0.5) is 11.4 Å². The van der Waals surface area contributed by atoms with Gasteiger partial charge >= 0.3 is 5.97 Å². The van der Waals surface area contributed by atoms with Crippen LogP contribution in [0.25, 0.3) is 22.4 Å². The van der Waals surface area contributed by atoms with Gasteiger partial charge in [0.1, 0.15) is 5.82 Å². The van der Waals surface area contributed by atoms with E-state index in [4.69, 9.17) is 9.72 Å². The number of nitrogens with one attached hydrogen (secondary N) is 2.